The van der Waals surface area contributed by atoms with Gasteiger partial charge >= 0.3 is 5.97 Å². The molecule has 184 valence electrons. The summed E-state index contributed by atoms with van der Waals surface area (Å²) in [6.07, 6.45) is 1.32. The van der Waals surface area contributed by atoms with Gasteiger partial charge in [0.05, 0.1) is 6.04 Å². The minimum Gasteiger partial charge on any atom is -0.508 e. The van der Waals surface area contributed by atoms with Crippen LogP contribution in [0, 0.1) is 0 Å². The van der Waals surface area contributed by atoms with Crippen LogP contribution < -0.4 is 27.4 Å². The van der Waals surface area contributed by atoms with Crippen molar-refractivity contribution in [3.63, 3.8) is 0 Å². The molecule has 1 aromatic rings. The maximum atomic E-state index is 12.9. The van der Waals surface area contributed by atoms with E-state index in [1.165, 1.54) is 19.1 Å². The zero-order chi connectivity index (χ0) is 25.0. The van der Waals surface area contributed by atoms with Crippen LogP contribution in [0.25, 0.3) is 0 Å². The number of hydrogen-bond acceptors (Lipinski definition) is 8. The quantitative estimate of drug-likeness (QED) is 0.120. The first-order chi connectivity index (χ1) is 15.6. The van der Waals surface area contributed by atoms with E-state index >= 15 is 0 Å². The minimum absolute atomic E-state index is 0.0193. The zero-order valence-corrected chi connectivity index (χ0v) is 19.4. The molecule has 4 atom stereocenters. The highest BCUT2D eigenvalue weighted by atomic mass is 32.1. The largest absolute Gasteiger partial charge is 0.508 e. The zero-order valence-electron chi connectivity index (χ0n) is 18.5. The van der Waals surface area contributed by atoms with Crippen LogP contribution >= 0.6 is 12.6 Å². The smallest absolute Gasteiger partial charge is 0.326 e. The summed E-state index contributed by atoms with van der Waals surface area (Å²) in [5.41, 5.74) is 11.6. The van der Waals surface area contributed by atoms with Crippen molar-refractivity contribution >= 4 is 36.3 Å². The average molecular weight is 484 g/mol. The summed E-state index contributed by atoms with van der Waals surface area (Å²) in [6.45, 7) is 1.86. The number of phenolic OH excluding ortho intramolecular Hbond substituents is 1. The number of nitrogens with one attached hydrogen (secondary N) is 3. The predicted molar refractivity (Wildman–Crippen MR) is 126 cm³/mol. The monoisotopic (exact) mass is 483 g/mol. The van der Waals surface area contributed by atoms with Crippen molar-refractivity contribution in [2.75, 3.05) is 12.3 Å². The second-order valence-electron chi connectivity index (χ2n) is 7.65. The fourth-order valence-corrected chi connectivity index (χ4v) is 3.13. The number of aliphatic carboxylic acids is 1. The van der Waals surface area contributed by atoms with Crippen molar-refractivity contribution in [2.24, 2.45) is 11.5 Å². The van der Waals surface area contributed by atoms with Crippen molar-refractivity contribution in [2.45, 2.75) is 56.8 Å². The van der Waals surface area contributed by atoms with Crippen LogP contribution in [0.3, 0.4) is 0 Å². The van der Waals surface area contributed by atoms with Crippen molar-refractivity contribution in [1.82, 2.24) is 16.0 Å². The molecule has 4 unspecified atom stereocenters. The summed E-state index contributed by atoms with van der Waals surface area (Å²) < 4.78 is 0. The van der Waals surface area contributed by atoms with Crippen LogP contribution in [0.15, 0.2) is 24.3 Å². The molecule has 0 saturated carbocycles. The SMILES string of the molecule is CC(N)C(=O)NC(CS)C(=O)NC(CCCCN)C(=O)NC(Cc1ccc(O)cc1)C(=O)O. The van der Waals surface area contributed by atoms with Crippen molar-refractivity contribution in [1.29, 1.82) is 0 Å². The lowest BCUT2D eigenvalue weighted by Gasteiger charge is -2.24. The Morgan fingerprint density at radius 1 is 0.939 bits per heavy atom. The van der Waals surface area contributed by atoms with E-state index in [1.807, 2.05) is 0 Å². The Hall–Kier alpha value is -2.83. The molecule has 1 aromatic carbocycles. The first-order valence-corrected chi connectivity index (χ1v) is 11.2. The molecule has 0 aromatic heterocycles. The molecule has 33 heavy (non-hydrogen) atoms. The van der Waals surface area contributed by atoms with Gasteiger partial charge in [-0.05, 0) is 50.4 Å². The molecule has 1 rings (SSSR count). The number of aromatic hydroxyl groups is 1. The van der Waals surface area contributed by atoms with Gasteiger partial charge in [0.25, 0.3) is 0 Å². The Balaban J connectivity index is 2.92. The van der Waals surface area contributed by atoms with Gasteiger partial charge in [0.1, 0.15) is 23.9 Å². The Labute approximate surface area is 198 Å². The average Bonchev–Trinajstić information content (AvgIpc) is 2.77. The van der Waals surface area contributed by atoms with Gasteiger partial charge in [-0.3, -0.25) is 14.4 Å². The van der Waals surface area contributed by atoms with Gasteiger partial charge in [0.2, 0.25) is 17.7 Å². The molecule has 0 spiro atoms. The number of carbonyl (C=O) groups is 4. The van der Waals surface area contributed by atoms with Crippen molar-refractivity contribution in [3.05, 3.63) is 29.8 Å². The van der Waals surface area contributed by atoms with Crippen molar-refractivity contribution in [3.8, 4) is 5.75 Å². The van der Waals surface area contributed by atoms with Crippen LogP contribution in [0.5, 0.6) is 5.75 Å². The maximum Gasteiger partial charge on any atom is 0.326 e. The van der Waals surface area contributed by atoms with Crippen LogP contribution in [0.4, 0.5) is 0 Å². The fraction of sp³-hybridized carbons (Fsp3) is 0.524. The highest BCUT2D eigenvalue weighted by Crippen LogP contribution is 2.12. The van der Waals surface area contributed by atoms with Crippen LogP contribution in [-0.4, -0.2) is 70.4 Å². The number of carboxylic acid groups (broad SMARTS) is 1. The van der Waals surface area contributed by atoms with E-state index in [1.54, 1.807) is 12.1 Å². The Kier molecular flexibility index (Phi) is 12.3. The standard InChI is InChI=1S/C21H33N5O6S/c1-12(23)18(28)26-17(11-33)20(30)24-15(4-2-3-9-22)19(29)25-16(21(31)32)10-13-5-7-14(27)8-6-13/h5-8,12,15-17,27,33H,2-4,9-11,22-23H2,1H3,(H,24,30)(H,25,29)(H,26,28)(H,31,32). The minimum atomic E-state index is -1.26. The summed E-state index contributed by atoms with van der Waals surface area (Å²) in [7, 11) is 0. The van der Waals surface area contributed by atoms with Crippen molar-refractivity contribution < 1.29 is 29.4 Å². The van der Waals surface area contributed by atoms with E-state index in [0.29, 0.717) is 24.9 Å². The fourth-order valence-electron chi connectivity index (χ4n) is 2.87. The molecule has 0 heterocycles. The number of hydrogen-bond donors (Lipinski definition) is 8. The predicted octanol–water partition coefficient (Wildman–Crippen LogP) is -1.12. The van der Waals surface area contributed by atoms with Crippen LogP contribution in [-0.2, 0) is 25.6 Å². The Bertz CT molecular complexity index is 805. The molecule has 0 fully saturated rings. The summed E-state index contributed by atoms with van der Waals surface area (Å²) in [5, 5.41) is 26.4. The summed E-state index contributed by atoms with van der Waals surface area (Å²) >= 11 is 4.07. The van der Waals surface area contributed by atoms with Gasteiger partial charge in [-0.15, -0.1) is 0 Å². The lowest BCUT2D eigenvalue weighted by molar-refractivity contribution is -0.142. The van der Waals surface area contributed by atoms with Gasteiger partial charge in [-0.2, -0.15) is 12.6 Å². The molecule has 12 heteroatoms. The molecule has 0 aliphatic carbocycles. The first-order valence-electron chi connectivity index (χ1n) is 10.6. The molecule has 9 N–H and O–H groups in total. The van der Waals surface area contributed by atoms with Crippen LogP contribution in [0.2, 0.25) is 0 Å². The van der Waals surface area contributed by atoms with E-state index in [4.69, 9.17) is 11.5 Å². The lowest BCUT2D eigenvalue weighted by atomic mass is 10.0. The van der Waals surface area contributed by atoms with Gasteiger partial charge in [-0.25, -0.2) is 4.79 Å². The number of nitrogens with two attached hydrogens (primary N) is 2. The number of rotatable bonds is 14. The Morgan fingerprint density at radius 3 is 2.00 bits per heavy atom. The van der Waals surface area contributed by atoms with E-state index in [0.717, 1.165) is 0 Å². The van der Waals surface area contributed by atoms with E-state index in [-0.39, 0.29) is 24.3 Å². The van der Waals surface area contributed by atoms with Crippen LogP contribution in [0.1, 0.15) is 31.7 Å². The third-order valence-electron chi connectivity index (χ3n) is 4.80. The number of carbonyl (C=O) groups excluding carboxylic acids is 3. The molecule has 0 aliphatic heterocycles. The number of phenols is 1. The molecular weight excluding hydrogens is 450 g/mol. The molecular formula is C21H33N5O6S. The second-order valence-corrected chi connectivity index (χ2v) is 8.01. The molecule has 0 saturated heterocycles. The maximum absolute atomic E-state index is 12.9. The summed E-state index contributed by atoms with van der Waals surface area (Å²) in [6, 6.07) is 1.78. The molecule has 0 bridgehead atoms. The molecule has 3 amide bonds. The Morgan fingerprint density at radius 2 is 1.48 bits per heavy atom. The number of benzene rings is 1. The van der Waals surface area contributed by atoms with E-state index in [2.05, 4.69) is 28.6 Å². The number of carboxylic acids is 1. The number of unbranched alkanes of at least 4 members (excludes halogenated alkanes) is 1. The highest BCUT2D eigenvalue weighted by Gasteiger charge is 2.29. The molecule has 0 aliphatic rings. The summed E-state index contributed by atoms with van der Waals surface area (Å²) in [4.78, 5) is 49.1. The van der Waals surface area contributed by atoms with Gasteiger partial charge in [0, 0.05) is 12.2 Å². The highest BCUT2D eigenvalue weighted by molar-refractivity contribution is 7.80. The van der Waals surface area contributed by atoms with Gasteiger partial charge < -0.3 is 37.6 Å². The van der Waals surface area contributed by atoms with E-state index in [9.17, 15) is 29.4 Å². The van der Waals surface area contributed by atoms with Gasteiger partial charge in [-0.1, -0.05) is 12.1 Å². The molecule has 0 radical (unpaired) electrons. The van der Waals surface area contributed by atoms with Gasteiger partial charge in [0.15, 0.2) is 0 Å². The third kappa shape index (κ3) is 10.1. The summed E-state index contributed by atoms with van der Waals surface area (Å²) in [5.74, 6) is -3.11. The van der Waals surface area contributed by atoms with E-state index < -0.39 is 47.9 Å². The normalized spacial score (nSPS) is 14.4. The first kappa shape index (κ1) is 28.2. The third-order valence-corrected chi connectivity index (χ3v) is 5.16. The second kappa shape index (κ2) is 14.3. The number of amides is 3. The molecule has 11 nitrogen and oxygen atoms in total. The lowest BCUT2D eigenvalue weighted by Crippen LogP contribution is -2.57. The number of thiol groups is 1. The topological polar surface area (TPSA) is 197 Å².